The second-order valence-electron chi connectivity index (χ2n) is 17.8. The molecule has 3 heterocycles. The van der Waals surface area contributed by atoms with Crippen molar-refractivity contribution in [2.24, 2.45) is 0 Å². The van der Waals surface area contributed by atoms with E-state index in [9.17, 15) is 79.4 Å². The van der Waals surface area contributed by atoms with Crippen LogP contribution in [0.3, 0.4) is 0 Å². The van der Waals surface area contributed by atoms with Crippen molar-refractivity contribution in [1.29, 1.82) is 0 Å². The first kappa shape index (κ1) is 56.4. The van der Waals surface area contributed by atoms with Crippen LogP contribution in [-0.2, 0) is 11.0 Å². The first-order valence-corrected chi connectivity index (χ1v) is 23.2. The highest BCUT2D eigenvalue weighted by molar-refractivity contribution is 6.76. The van der Waals surface area contributed by atoms with Crippen molar-refractivity contribution in [3.05, 3.63) is 87.2 Å². The molecule has 1 unspecified atom stereocenters. The predicted molar refractivity (Wildman–Crippen MR) is 216 cm³/mol. The van der Waals surface area contributed by atoms with Crippen LogP contribution in [0.2, 0.25) is 17.1 Å². The minimum absolute atomic E-state index is 0.0134. The van der Waals surface area contributed by atoms with E-state index >= 15 is 17.6 Å². The van der Waals surface area contributed by atoms with Crippen LogP contribution in [0.5, 0.6) is 0 Å². The summed E-state index contributed by atoms with van der Waals surface area (Å²) < 4.78 is 306. The molecule has 390 valence electrons. The Hall–Kier alpha value is -4.49. The molecule has 1 aliphatic heterocycles. The summed E-state index contributed by atoms with van der Waals surface area (Å²) in [7, 11) is -4.37. The van der Waals surface area contributed by atoms with Crippen LogP contribution in [-0.4, -0.2) is 77.3 Å². The molecule has 0 amide bonds. The third-order valence-corrected chi connectivity index (χ3v) is 18.5. The summed E-state index contributed by atoms with van der Waals surface area (Å²) in [5.41, 5.74) is 1.56. The number of aromatic nitrogens is 2. The fourth-order valence-corrected chi connectivity index (χ4v) is 13.3. The van der Waals surface area contributed by atoms with E-state index in [4.69, 9.17) is 9.41 Å². The molecule has 26 heteroatoms. The van der Waals surface area contributed by atoms with Gasteiger partial charge in [0.25, 0.3) is 5.56 Å². The van der Waals surface area contributed by atoms with Gasteiger partial charge < -0.3 is 8.99 Å². The van der Waals surface area contributed by atoms with E-state index < -0.39 is 103 Å². The molecule has 0 saturated carbocycles. The highest BCUT2D eigenvalue weighted by atomic mass is 28.4. The van der Waals surface area contributed by atoms with Gasteiger partial charge in [-0.15, -0.1) is 0 Å². The number of halogens is 21. The van der Waals surface area contributed by atoms with E-state index in [1.54, 1.807) is 30.3 Å². The predicted octanol–water partition coefficient (Wildman–Crippen LogP) is 15.6. The molecule has 0 spiro atoms. The number of aryl methyl sites for hydroxylation is 1. The molecule has 0 N–H and O–H groups in total. The van der Waals surface area contributed by atoms with Crippen molar-refractivity contribution in [2.75, 3.05) is 0 Å². The summed E-state index contributed by atoms with van der Waals surface area (Å²) in [6.07, 6.45) is -12.3. The van der Waals surface area contributed by atoms with Crippen molar-refractivity contribution >= 4 is 19.2 Å². The summed E-state index contributed by atoms with van der Waals surface area (Å²) >= 11 is 0. The van der Waals surface area contributed by atoms with E-state index in [1.807, 2.05) is 25.1 Å². The summed E-state index contributed by atoms with van der Waals surface area (Å²) in [5, 5.41) is 0.746. The van der Waals surface area contributed by atoms with Gasteiger partial charge in [0, 0.05) is 22.9 Å². The van der Waals surface area contributed by atoms with Gasteiger partial charge in [-0.1, -0.05) is 76.6 Å². The molecule has 0 radical (unpaired) electrons. The van der Waals surface area contributed by atoms with Gasteiger partial charge in [0.05, 0.1) is 29.6 Å². The molecular formula is C44H41F21N2O2Si. The van der Waals surface area contributed by atoms with Crippen molar-refractivity contribution in [2.45, 2.75) is 151 Å². The Bertz CT molecular complexity index is 2650. The van der Waals surface area contributed by atoms with Crippen molar-refractivity contribution < 1.29 is 96.6 Å². The lowest BCUT2D eigenvalue weighted by molar-refractivity contribution is -0.474. The third kappa shape index (κ3) is 8.06. The van der Waals surface area contributed by atoms with Crippen LogP contribution in [0.15, 0.2) is 59.4 Å². The first-order valence-electron chi connectivity index (χ1n) is 20.9. The number of hydrogen-bond acceptors (Lipinski definition) is 3. The third-order valence-electron chi connectivity index (χ3n) is 12.9. The van der Waals surface area contributed by atoms with Crippen LogP contribution in [0, 0.1) is 13.8 Å². The molecule has 1 atom stereocenters. The molecule has 0 bridgehead atoms. The van der Waals surface area contributed by atoms with Crippen LogP contribution in [0.1, 0.15) is 75.8 Å². The van der Waals surface area contributed by atoms with E-state index in [0.29, 0.717) is 16.8 Å². The summed E-state index contributed by atoms with van der Waals surface area (Å²) in [6.45, 7) is 9.83. The summed E-state index contributed by atoms with van der Waals surface area (Å²) in [4.78, 5) is 19.0. The average Bonchev–Trinajstić information content (AvgIpc) is 3.61. The Labute approximate surface area is 385 Å². The van der Waals surface area contributed by atoms with Crippen LogP contribution in [0.4, 0.5) is 92.2 Å². The number of rotatable bonds is 18. The summed E-state index contributed by atoms with van der Waals surface area (Å²) in [6, 6.07) is 14.5. The van der Waals surface area contributed by atoms with Crippen LogP contribution >= 0.6 is 0 Å². The number of fused-ring (bicyclic) bond motifs is 4. The highest BCUT2D eigenvalue weighted by Gasteiger charge is 2.97. The maximum Gasteiger partial charge on any atom is 0.460 e. The van der Waals surface area contributed by atoms with Crippen LogP contribution < -0.4 is 5.56 Å². The largest absolute Gasteiger partial charge is 0.460 e. The lowest BCUT2D eigenvalue weighted by Gasteiger charge is -2.45. The number of nitrogens with zero attached hydrogens (tertiary/aromatic N) is 2. The Balaban J connectivity index is 1.54. The Morgan fingerprint density at radius 2 is 1.11 bits per heavy atom. The molecule has 0 aliphatic carbocycles. The van der Waals surface area contributed by atoms with Crippen molar-refractivity contribution in [3.8, 4) is 22.5 Å². The van der Waals surface area contributed by atoms with Gasteiger partial charge in [-0.2, -0.15) is 92.2 Å². The second kappa shape index (κ2) is 17.6. The average molecular weight is 1060 g/mol. The van der Waals surface area contributed by atoms with E-state index in [2.05, 4.69) is 0 Å². The molecule has 2 aromatic carbocycles. The SMILES string of the molecule is CCC(O[Si](CCC(F)(F)C(F)(F)C(F)(F)C(F)(F)C(F)(F)C(F)(F)C(F)(F)C(F)(F)C(F)(F)C(F)(F)F)(C(C)C)C(C)C)c1cc2n(c(=O)c1C)Cc1c-2nc2ccc(C)cc2c1-c1ccccc1. The van der Waals surface area contributed by atoms with E-state index in [-0.39, 0.29) is 29.8 Å². The molecule has 0 fully saturated rings. The molecule has 5 rings (SSSR count). The normalized spacial score (nSPS) is 15.6. The quantitative estimate of drug-likeness (QED) is 0.0649. The van der Waals surface area contributed by atoms with Gasteiger partial charge in [-0.3, -0.25) is 4.79 Å². The highest BCUT2D eigenvalue weighted by Crippen LogP contribution is 2.67. The van der Waals surface area contributed by atoms with Crippen LogP contribution in [0.25, 0.3) is 33.4 Å². The maximum atomic E-state index is 15.5. The molecule has 4 aromatic rings. The molecule has 4 nitrogen and oxygen atoms in total. The first-order chi connectivity index (χ1) is 31.5. The molecular weight excluding hydrogens is 1020 g/mol. The zero-order valence-corrected chi connectivity index (χ0v) is 38.4. The standard InChI is InChI=1S/C44H41F21N2O2Si/c1-8-31(26-19-30-33-28(20-67(30)34(68)24(26)7)32(25-12-10-9-11-13-25)27-18-23(6)14-15-29(27)66-33)69-70(21(2)3,22(4)5)17-16-35(45,46)36(47,48)37(49,50)38(51,52)39(53,54)40(55,56)41(57,58)42(59,60)43(61,62)44(63,64)65/h9-15,18-19,21-22,31H,8,16-17,20H2,1-7H3. The topological polar surface area (TPSA) is 44.1 Å². The Kier molecular flexibility index (Phi) is 14.2. The molecule has 1 aliphatic rings. The van der Waals surface area contributed by atoms with Gasteiger partial charge >= 0.3 is 59.5 Å². The number of alkyl halides is 21. The van der Waals surface area contributed by atoms with E-state index in [0.717, 1.165) is 22.1 Å². The molecule has 70 heavy (non-hydrogen) atoms. The van der Waals surface area contributed by atoms with Gasteiger partial charge in [-0.05, 0) is 72.3 Å². The second-order valence-corrected chi connectivity index (χ2v) is 22.7. The van der Waals surface area contributed by atoms with Gasteiger partial charge in [0.15, 0.2) is 8.32 Å². The van der Waals surface area contributed by atoms with Crippen molar-refractivity contribution in [3.63, 3.8) is 0 Å². The Morgan fingerprint density at radius 1 is 0.643 bits per heavy atom. The lowest BCUT2D eigenvalue weighted by atomic mass is 9.86. The van der Waals surface area contributed by atoms with Gasteiger partial charge in [-0.25, -0.2) is 4.98 Å². The summed E-state index contributed by atoms with van der Waals surface area (Å²) in [5.74, 6) is -77.6. The van der Waals surface area contributed by atoms with E-state index in [1.165, 1.54) is 52.2 Å². The zero-order chi connectivity index (χ0) is 53.8. The minimum atomic E-state index is -9.25. The number of pyridine rings is 2. The lowest BCUT2D eigenvalue weighted by Crippen LogP contribution is -2.76. The van der Waals surface area contributed by atoms with Gasteiger partial charge in [0.1, 0.15) is 0 Å². The van der Waals surface area contributed by atoms with Gasteiger partial charge in [0.2, 0.25) is 0 Å². The minimum Gasteiger partial charge on any atom is -0.409 e. The smallest absolute Gasteiger partial charge is 0.409 e. The monoisotopic (exact) mass is 1060 g/mol. The number of benzene rings is 2. The zero-order valence-electron chi connectivity index (χ0n) is 37.4. The fraction of sp³-hybridized carbons (Fsp3) is 0.545. The van der Waals surface area contributed by atoms with Crippen molar-refractivity contribution in [1.82, 2.24) is 9.55 Å². The molecule has 2 aromatic heterocycles. The maximum absolute atomic E-state index is 15.5. The Morgan fingerprint density at radius 3 is 1.57 bits per heavy atom. The fourth-order valence-electron chi connectivity index (χ4n) is 8.64. The number of hydrogen-bond donors (Lipinski definition) is 0. The molecule has 0 saturated heterocycles.